The minimum atomic E-state index is -1.10. The maximum Gasteiger partial charge on any atom is 0.336 e. The number of hydrogen-bond donors (Lipinski definition) is 2. The van der Waals surface area contributed by atoms with Gasteiger partial charge in [0.1, 0.15) is 0 Å². The molecule has 120 valence electrons. The SMILES string of the molecule is O=C(O)c1ccccc1C(=O)NN=C1C2CC3CC(C2)CC1C3. The zero-order valence-electron chi connectivity index (χ0n) is 12.9. The fourth-order valence-electron chi connectivity index (χ4n) is 4.89. The molecule has 5 rings (SSSR count). The van der Waals surface area contributed by atoms with Crippen LogP contribution in [0.1, 0.15) is 52.8 Å². The third kappa shape index (κ3) is 2.54. The van der Waals surface area contributed by atoms with E-state index in [-0.39, 0.29) is 11.1 Å². The lowest BCUT2D eigenvalue weighted by Gasteiger charge is -2.50. The van der Waals surface area contributed by atoms with Crippen molar-refractivity contribution in [1.29, 1.82) is 0 Å². The van der Waals surface area contributed by atoms with Gasteiger partial charge in [-0.25, -0.2) is 10.2 Å². The number of carbonyl (C=O) groups excluding carboxylic acids is 1. The number of hydrogen-bond acceptors (Lipinski definition) is 3. The molecule has 4 saturated carbocycles. The van der Waals surface area contributed by atoms with Crippen molar-refractivity contribution in [2.45, 2.75) is 32.1 Å². The summed E-state index contributed by atoms with van der Waals surface area (Å²) in [6.45, 7) is 0. The molecule has 23 heavy (non-hydrogen) atoms. The van der Waals surface area contributed by atoms with Gasteiger partial charge in [-0.1, -0.05) is 12.1 Å². The Kier molecular flexibility index (Phi) is 3.43. The lowest BCUT2D eigenvalue weighted by atomic mass is 9.55. The summed E-state index contributed by atoms with van der Waals surface area (Å²) in [5.41, 5.74) is 3.92. The van der Waals surface area contributed by atoms with Crippen molar-refractivity contribution >= 4 is 17.6 Å². The number of carboxylic acid groups (broad SMARTS) is 1. The van der Waals surface area contributed by atoms with Crippen LogP contribution in [0, 0.1) is 23.7 Å². The molecule has 0 spiro atoms. The van der Waals surface area contributed by atoms with Crippen LogP contribution in [0.3, 0.4) is 0 Å². The maximum absolute atomic E-state index is 12.3. The molecular formula is C18H20N2O3. The first-order valence-electron chi connectivity index (χ1n) is 8.32. The van der Waals surface area contributed by atoms with Crippen LogP contribution in [0.2, 0.25) is 0 Å². The van der Waals surface area contributed by atoms with Crippen LogP contribution in [0.25, 0.3) is 0 Å². The van der Waals surface area contributed by atoms with Gasteiger partial charge in [0.25, 0.3) is 5.91 Å². The van der Waals surface area contributed by atoms with Crippen molar-refractivity contribution in [1.82, 2.24) is 5.43 Å². The summed E-state index contributed by atoms with van der Waals surface area (Å²) in [6, 6.07) is 6.24. The Labute approximate surface area is 134 Å². The highest BCUT2D eigenvalue weighted by Crippen LogP contribution is 2.52. The van der Waals surface area contributed by atoms with E-state index < -0.39 is 11.9 Å². The summed E-state index contributed by atoms with van der Waals surface area (Å²) < 4.78 is 0. The molecule has 1 amide bonds. The molecule has 4 fully saturated rings. The van der Waals surface area contributed by atoms with E-state index in [1.165, 1.54) is 44.2 Å². The molecule has 0 aliphatic heterocycles. The maximum atomic E-state index is 12.3. The van der Waals surface area contributed by atoms with Gasteiger partial charge in [0, 0.05) is 5.71 Å². The molecule has 2 N–H and O–H groups in total. The number of rotatable bonds is 3. The first-order chi connectivity index (χ1) is 11.1. The van der Waals surface area contributed by atoms with Crippen molar-refractivity contribution in [2.24, 2.45) is 28.8 Å². The zero-order valence-corrected chi connectivity index (χ0v) is 12.9. The van der Waals surface area contributed by atoms with Crippen molar-refractivity contribution in [3.8, 4) is 0 Å². The van der Waals surface area contributed by atoms with Crippen LogP contribution in [0.4, 0.5) is 0 Å². The summed E-state index contributed by atoms with van der Waals surface area (Å²) in [5, 5.41) is 13.6. The summed E-state index contributed by atoms with van der Waals surface area (Å²) in [6.07, 6.45) is 6.18. The number of aromatic carboxylic acids is 1. The Bertz CT molecular complexity index is 665. The molecule has 0 saturated heterocycles. The predicted octanol–water partition coefficient (Wildman–Crippen LogP) is 2.93. The van der Waals surface area contributed by atoms with Gasteiger partial charge in [-0.05, 0) is 67.9 Å². The fourth-order valence-corrected chi connectivity index (χ4v) is 4.89. The van der Waals surface area contributed by atoms with E-state index in [0.29, 0.717) is 11.8 Å². The van der Waals surface area contributed by atoms with Gasteiger partial charge in [0.15, 0.2) is 0 Å². The third-order valence-corrected chi connectivity index (χ3v) is 5.66. The molecule has 0 atom stereocenters. The molecule has 5 heteroatoms. The molecule has 4 bridgehead atoms. The third-order valence-electron chi connectivity index (χ3n) is 5.66. The Morgan fingerprint density at radius 2 is 1.52 bits per heavy atom. The van der Waals surface area contributed by atoms with Crippen LogP contribution in [0.5, 0.6) is 0 Å². The van der Waals surface area contributed by atoms with E-state index >= 15 is 0 Å². The molecule has 0 heterocycles. The first kappa shape index (κ1) is 14.4. The Morgan fingerprint density at radius 3 is 2.09 bits per heavy atom. The molecule has 0 aromatic heterocycles. The summed E-state index contributed by atoms with van der Waals surface area (Å²) >= 11 is 0. The predicted molar refractivity (Wildman–Crippen MR) is 85.3 cm³/mol. The monoisotopic (exact) mass is 312 g/mol. The highest BCUT2D eigenvalue weighted by molar-refractivity contribution is 6.05. The smallest absolute Gasteiger partial charge is 0.336 e. The molecule has 0 unspecified atom stereocenters. The van der Waals surface area contributed by atoms with Crippen LogP contribution >= 0.6 is 0 Å². The fraction of sp³-hybridized carbons (Fsp3) is 0.500. The van der Waals surface area contributed by atoms with Gasteiger partial charge in [-0.15, -0.1) is 0 Å². The second kappa shape index (κ2) is 5.48. The highest BCUT2D eigenvalue weighted by atomic mass is 16.4. The Hall–Kier alpha value is -2.17. The van der Waals surface area contributed by atoms with Crippen LogP contribution in [-0.4, -0.2) is 22.7 Å². The average molecular weight is 312 g/mol. The summed E-state index contributed by atoms with van der Waals surface area (Å²) in [4.78, 5) is 23.5. The second-order valence-electron chi connectivity index (χ2n) is 7.13. The molecule has 0 radical (unpaired) electrons. The van der Waals surface area contributed by atoms with Crippen LogP contribution in [-0.2, 0) is 0 Å². The second-order valence-corrected chi connectivity index (χ2v) is 7.13. The number of hydrazone groups is 1. The highest BCUT2D eigenvalue weighted by Gasteiger charge is 2.46. The van der Waals surface area contributed by atoms with E-state index in [0.717, 1.165) is 17.5 Å². The lowest BCUT2D eigenvalue weighted by Crippen LogP contribution is -2.46. The van der Waals surface area contributed by atoms with E-state index in [2.05, 4.69) is 10.5 Å². The topological polar surface area (TPSA) is 78.8 Å². The average Bonchev–Trinajstić information content (AvgIpc) is 2.53. The Morgan fingerprint density at radius 1 is 0.957 bits per heavy atom. The lowest BCUT2D eigenvalue weighted by molar-refractivity contribution is 0.0691. The largest absolute Gasteiger partial charge is 0.478 e. The van der Waals surface area contributed by atoms with E-state index in [4.69, 9.17) is 0 Å². The van der Waals surface area contributed by atoms with Gasteiger partial charge in [-0.2, -0.15) is 5.10 Å². The molecule has 4 aliphatic carbocycles. The van der Waals surface area contributed by atoms with E-state index in [1.807, 2.05) is 0 Å². The van der Waals surface area contributed by atoms with Crippen LogP contribution < -0.4 is 5.43 Å². The quantitative estimate of drug-likeness (QED) is 0.842. The van der Waals surface area contributed by atoms with E-state index in [9.17, 15) is 14.7 Å². The van der Waals surface area contributed by atoms with Crippen molar-refractivity contribution < 1.29 is 14.7 Å². The summed E-state index contributed by atoms with van der Waals surface area (Å²) in [5.74, 6) is 1.18. The molecule has 1 aromatic carbocycles. The number of nitrogens with zero attached hydrogens (tertiary/aromatic N) is 1. The van der Waals surface area contributed by atoms with E-state index in [1.54, 1.807) is 12.1 Å². The van der Waals surface area contributed by atoms with Crippen LogP contribution in [0.15, 0.2) is 29.4 Å². The standard InChI is InChI=1S/C18H20N2O3/c21-17(14-3-1-2-4-15(14)18(22)23)20-19-16-12-6-10-5-11(8-12)9-13(16)7-10/h1-4,10-13H,5-9H2,(H,20,21)(H,22,23). The number of carbonyl (C=O) groups is 2. The van der Waals surface area contributed by atoms with Crippen molar-refractivity contribution in [2.75, 3.05) is 0 Å². The molecule has 5 nitrogen and oxygen atoms in total. The summed E-state index contributed by atoms with van der Waals surface area (Å²) in [7, 11) is 0. The minimum absolute atomic E-state index is 0.00952. The van der Waals surface area contributed by atoms with Gasteiger partial charge >= 0.3 is 5.97 Å². The normalized spacial score (nSPS) is 31.0. The van der Waals surface area contributed by atoms with Crippen molar-refractivity contribution in [3.05, 3.63) is 35.4 Å². The zero-order chi connectivity index (χ0) is 16.0. The number of carboxylic acids is 1. The molecule has 1 aromatic rings. The Balaban J connectivity index is 1.53. The number of nitrogens with one attached hydrogen (secondary N) is 1. The molecular weight excluding hydrogens is 292 g/mol. The minimum Gasteiger partial charge on any atom is -0.478 e. The van der Waals surface area contributed by atoms with Crippen molar-refractivity contribution in [3.63, 3.8) is 0 Å². The van der Waals surface area contributed by atoms with Gasteiger partial charge < -0.3 is 5.11 Å². The molecule has 4 aliphatic rings. The van der Waals surface area contributed by atoms with Gasteiger partial charge in [0.05, 0.1) is 11.1 Å². The number of benzene rings is 1. The number of amides is 1. The van der Waals surface area contributed by atoms with Gasteiger partial charge in [-0.3, -0.25) is 4.79 Å². The first-order valence-corrected chi connectivity index (χ1v) is 8.32. The van der Waals surface area contributed by atoms with Gasteiger partial charge in [0.2, 0.25) is 0 Å².